The highest BCUT2D eigenvalue weighted by atomic mass is 32.2. The molecule has 0 saturated heterocycles. The summed E-state index contributed by atoms with van der Waals surface area (Å²) < 4.78 is 29.4. The Kier molecular flexibility index (Phi) is 4.89. The van der Waals surface area contributed by atoms with Gasteiger partial charge < -0.3 is 9.88 Å². The minimum Gasteiger partial charge on any atom is -0.312 e. The molecule has 1 atom stereocenters. The van der Waals surface area contributed by atoms with E-state index in [1.54, 1.807) is 11.6 Å². The first-order valence-electron chi connectivity index (χ1n) is 7.90. The normalized spacial score (nSPS) is 16.5. The molecule has 132 valence electrons. The lowest BCUT2D eigenvalue weighted by molar-refractivity contribution is -0.116. The number of halogens is 2. The topological polar surface area (TPSA) is 64.0 Å². The van der Waals surface area contributed by atoms with E-state index in [4.69, 9.17) is 0 Å². The molecule has 5 nitrogen and oxygen atoms in total. The monoisotopic (exact) mass is 365 g/mol. The highest BCUT2D eigenvalue weighted by Crippen LogP contribution is 2.37. The van der Waals surface area contributed by atoms with Crippen molar-refractivity contribution in [2.24, 2.45) is 7.05 Å². The molecule has 1 aliphatic heterocycles. The van der Waals surface area contributed by atoms with E-state index in [0.717, 1.165) is 30.4 Å². The highest BCUT2D eigenvalue weighted by molar-refractivity contribution is 7.99. The Hall–Kier alpha value is -2.22. The number of carbonyl (C=O) groups is 1. The predicted octanol–water partition coefficient (Wildman–Crippen LogP) is 3.03. The molecule has 0 radical (unpaired) electrons. The smallest absolute Gasteiger partial charge is 0.279 e. The summed E-state index contributed by atoms with van der Waals surface area (Å²) in [5, 5.41) is 3.15. The Morgan fingerprint density at radius 2 is 2.12 bits per heavy atom. The van der Waals surface area contributed by atoms with Crippen LogP contribution in [-0.2, 0) is 11.8 Å². The number of benzene rings is 1. The third-order valence-electron chi connectivity index (χ3n) is 4.07. The van der Waals surface area contributed by atoms with Crippen molar-refractivity contribution in [3.63, 3.8) is 0 Å². The molecule has 0 spiro atoms. The van der Waals surface area contributed by atoms with Gasteiger partial charge in [0.15, 0.2) is 5.16 Å². The van der Waals surface area contributed by atoms with Crippen LogP contribution < -0.4 is 10.9 Å². The number of amides is 1. The summed E-state index contributed by atoms with van der Waals surface area (Å²) in [6, 6.07) is 3.03. The Morgan fingerprint density at radius 3 is 2.84 bits per heavy atom. The molecule has 1 aromatic heterocycles. The quantitative estimate of drug-likeness (QED) is 0.668. The van der Waals surface area contributed by atoms with Crippen LogP contribution in [0.5, 0.6) is 0 Å². The highest BCUT2D eigenvalue weighted by Gasteiger charge is 2.33. The van der Waals surface area contributed by atoms with Gasteiger partial charge in [0.1, 0.15) is 17.5 Å². The van der Waals surface area contributed by atoms with Crippen molar-refractivity contribution in [2.45, 2.75) is 30.8 Å². The second-order valence-corrected chi connectivity index (χ2v) is 6.90. The maximum Gasteiger partial charge on any atom is 0.279 e. The zero-order chi connectivity index (χ0) is 18.1. The van der Waals surface area contributed by atoms with E-state index in [1.165, 1.54) is 11.8 Å². The molecule has 2 heterocycles. The second kappa shape index (κ2) is 6.95. The van der Waals surface area contributed by atoms with Crippen LogP contribution in [0.4, 0.5) is 14.6 Å². The number of aromatic nitrogens is 2. The molecule has 0 fully saturated rings. The maximum absolute atomic E-state index is 14.2. The minimum absolute atomic E-state index is 0.0102. The van der Waals surface area contributed by atoms with Crippen molar-refractivity contribution in [3.8, 4) is 0 Å². The van der Waals surface area contributed by atoms with Gasteiger partial charge in [-0.15, -0.1) is 0 Å². The number of carbonyl (C=O) groups excluding carboxylic acids is 1. The van der Waals surface area contributed by atoms with Gasteiger partial charge in [0, 0.05) is 25.1 Å². The number of thioether (sulfide) groups is 1. The van der Waals surface area contributed by atoms with Crippen LogP contribution in [-0.4, -0.2) is 21.2 Å². The summed E-state index contributed by atoms with van der Waals surface area (Å²) in [7, 11) is 1.69. The van der Waals surface area contributed by atoms with Gasteiger partial charge in [0.2, 0.25) is 5.91 Å². The predicted molar refractivity (Wildman–Crippen MR) is 91.9 cm³/mol. The van der Waals surface area contributed by atoms with Crippen molar-refractivity contribution in [3.05, 3.63) is 51.3 Å². The van der Waals surface area contributed by atoms with Gasteiger partial charge in [-0.05, 0) is 30.2 Å². The molecule has 1 amide bonds. The summed E-state index contributed by atoms with van der Waals surface area (Å²) in [6.07, 6.45) is 0.771. The van der Waals surface area contributed by atoms with Crippen molar-refractivity contribution < 1.29 is 13.6 Å². The van der Waals surface area contributed by atoms with Gasteiger partial charge in [-0.2, -0.15) is 4.98 Å². The van der Waals surface area contributed by atoms with Crippen LogP contribution in [0.15, 0.2) is 28.2 Å². The number of nitrogens with one attached hydrogen (secondary N) is 1. The molecule has 0 bridgehead atoms. The second-order valence-electron chi connectivity index (χ2n) is 5.84. The minimum atomic E-state index is -0.865. The number of nitrogens with zero attached hydrogens (tertiary/aromatic N) is 2. The van der Waals surface area contributed by atoms with E-state index in [0.29, 0.717) is 11.0 Å². The molecule has 0 saturated carbocycles. The van der Waals surface area contributed by atoms with E-state index in [1.807, 2.05) is 6.92 Å². The molecular weight excluding hydrogens is 348 g/mol. The van der Waals surface area contributed by atoms with Gasteiger partial charge in [0.25, 0.3) is 5.56 Å². The number of anilines is 1. The molecule has 3 rings (SSSR count). The standard InChI is InChI=1S/C17H17F2N3O2S/c1-3-6-25-17-21-16(24)14-11(8-13(23)20-15(14)22(17)2)10-7-9(18)4-5-12(10)19/h4-5,7,11H,3,6,8H2,1-2H3,(H,20,23)/t11-/m0/s1. The van der Waals surface area contributed by atoms with Gasteiger partial charge in [-0.1, -0.05) is 18.7 Å². The fourth-order valence-electron chi connectivity index (χ4n) is 2.91. The van der Waals surface area contributed by atoms with E-state index in [9.17, 15) is 18.4 Å². The Labute approximate surface area is 147 Å². The van der Waals surface area contributed by atoms with Gasteiger partial charge in [0.05, 0.1) is 5.56 Å². The first kappa shape index (κ1) is 17.6. The Balaban J connectivity index is 2.18. The van der Waals surface area contributed by atoms with Crippen LogP contribution >= 0.6 is 11.8 Å². The molecule has 0 unspecified atom stereocenters. The Bertz CT molecular complexity index is 898. The zero-order valence-corrected chi connectivity index (χ0v) is 14.6. The molecule has 2 aromatic rings. The van der Waals surface area contributed by atoms with Gasteiger partial charge >= 0.3 is 0 Å². The van der Waals surface area contributed by atoms with Crippen molar-refractivity contribution in [2.75, 3.05) is 11.1 Å². The van der Waals surface area contributed by atoms with Gasteiger partial charge in [-0.3, -0.25) is 9.59 Å². The SMILES string of the molecule is CCCSc1nc(=O)c2c(n1C)NC(=O)C[C@H]2c1cc(F)ccc1F. The summed E-state index contributed by atoms with van der Waals surface area (Å²) >= 11 is 1.40. The summed E-state index contributed by atoms with van der Waals surface area (Å²) in [5.41, 5.74) is -0.350. The first-order valence-corrected chi connectivity index (χ1v) is 8.89. The Morgan fingerprint density at radius 1 is 1.36 bits per heavy atom. The van der Waals surface area contributed by atoms with E-state index < -0.39 is 23.1 Å². The average Bonchev–Trinajstić information content (AvgIpc) is 2.58. The molecule has 8 heteroatoms. The van der Waals surface area contributed by atoms with Crippen LogP contribution in [0.3, 0.4) is 0 Å². The average molecular weight is 365 g/mol. The van der Waals surface area contributed by atoms with Gasteiger partial charge in [-0.25, -0.2) is 8.78 Å². The van der Waals surface area contributed by atoms with E-state index >= 15 is 0 Å². The lowest BCUT2D eigenvalue weighted by Gasteiger charge is -2.27. The zero-order valence-electron chi connectivity index (χ0n) is 13.8. The van der Waals surface area contributed by atoms with Crippen molar-refractivity contribution in [1.82, 2.24) is 9.55 Å². The van der Waals surface area contributed by atoms with Crippen LogP contribution in [0.25, 0.3) is 0 Å². The number of hydrogen-bond donors (Lipinski definition) is 1. The molecule has 25 heavy (non-hydrogen) atoms. The van der Waals surface area contributed by atoms with E-state index in [-0.39, 0.29) is 23.5 Å². The summed E-state index contributed by atoms with van der Waals surface area (Å²) in [4.78, 5) is 28.8. The van der Waals surface area contributed by atoms with Crippen LogP contribution in [0.2, 0.25) is 0 Å². The summed E-state index contributed by atoms with van der Waals surface area (Å²) in [6.45, 7) is 2.01. The molecule has 1 aromatic carbocycles. The fraction of sp³-hybridized carbons (Fsp3) is 0.353. The number of hydrogen-bond acceptors (Lipinski definition) is 4. The molecule has 1 N–H and O–H groups in total. The number of rotatable bonds is 4. The maximum atomic E-state index is 14.2. The van der Waals surface area contributed by atoms with E-state index in [2.05, 4.69) is 10.3 Å². The summed E-state index contributed by atoms with van der Waals surface area (Å²) in [5.74, 6) is -1.43. The molecule has 0 aliphatic carbocycles. The van der Waals surface area contributed by atoms with Crippen LogP contribution in [0, 0.1) is 11.6 Å². The lowest BCUT2D eigenvalue weighted by atomic mass is 9.86. The lowest BCUT2D eigenvalue weighted by Crippen LogP contribution is -2.33. The molecular formula is C17H17F2N3O2S. The third kappa shape index (κ3) is 3.30. The van der Waals surface area contributed by atoms with Crippen LogP contribution in [0.1, 0.15) is 36.8 Å². The molecule has 1 aliphatic rings. The fourth-order valence-corrected chi connectivity index (χ4v) is 3.72. The largest absolute Gasteiger partial charge is 0.312 e. The van der Waals surface area contributed by atoms with Crippen molar-refractivity contribution >= 4 is 23.5 Å². The van der Waals surface area contributed by atoms with Crippen molar-refractivity contribution in [1.29, 1.82) is 0 Å². The number of fused-ring (bicyclic) bond motifs is 1. The first-order chi connectivity index (χ1) is 11.9. The third-order valence-corrected chi connectivity index (χ3v) is 5.31.